The second-order valence-corrected chi connectivity index (χ2v) is 5.74. The molecule has 0 unspecified atom stereocenters. The quantitative estimate of drug-likeness (QED) is 0.837. The van der Waals surface area contributed by atoms with Gasteiger partial charge in [0.15, 0.2) is 0 Å². The monoisotopic (exact) mass is 292 g/mol. The molecule has 1 fully saturated rings. The second-order valence-electron chi connectivity index (χ2n) is 5.74. The van der Waals surface area contributed by atoms with E-state index in [-0.39, 0.29) is 23.3 Å². The fraction of sp³-hybridized carbons (Fsp3) is 0.500. The molecule has 1 aromatic rings. The van der Waals surface area contributed by atoms with Crippen LogP contribution in [-0.4, -0.2) is 48.8 Å². The van der Waals surface area contributed by atoms with Crippen molar-refractivity contribution in [3.05, 3.63) is 35.1 Å². The highest BCUT2D eigenvalue weighted by atomic mass is 19.1. The first-order chi connectivity index (χ1) is 9.91. The number of piperidine rings is 1. The molecule has 1 saturated heterocycles. The fourth-order valence-electron chi connectivity index (χ4n) is 2.68. The Balaban J connectivity index is 2.04. The minimum atomic E-state index is -0.450. The van der Waals surface area contributed by atoms with E-state index in [1.807, 2.05) is 0 Å². The Labute approximate surface area is 124 Å². The van der Waals surface area contributed by atoms with Gasteiger partial charge in [-0.1, -0.05) is 12.1 Å². The molecule has 0 spiro atoms. The summed E-state index contributed by atoms with van der Waals surface area (Å²) in [4.78, 5) is 27.5. The number of hydrogen-bond acceptors (Lipinski definition) is 2. The standard InChI is InChI=1S/C16H21FN2O2/c1-11-5-4-6-13(14(11)17)16(21)19-9-7-12(8-10-19)15(20)18(2)3/h4-6,12H,7-10H2,1-3H3. The summed E-state index contributed by atoms with van der Waals surface area (Å²) < 4.78 is 14.0. The van der Waals surface area contributed by atoms with Gasteiger partial charge < -0.3 is 9.80 Å². The molecule has 0 bridgehead atoms. The molecule has 1 aromatic carbocycles. The molecule has 0 aromatic heterocycles. The third-order valence-corrected chi connectivity index (χ3v) is 3.99. The van der Waals surface area contributed by atoms with Crippen LogP contribution in [0.25, 0.3) is 0 Å². The molecular formula is C16H21FN2O2. The summed E-state index contributed by atoms with van der Waals surface area (Å²) in [6.45, 7) is 2.64. The molecule has 1 heterocycles. The highest BCUT2D eigenvalue weighted by Gasteiger charge is 2.29. The number of rotatable bonds is 2. The van der Waals surface area contributed by atoms with Crippen molar-refractivity contribution in [3.63, 3.8) is 0 Å². The Kier molecular flexibility index (Phi) is 4.60. The van der Waals surface area contributed by atoms with Crippen LogP contribution in [0.5, 0.6) is 0 Å². The van der Waals surface area contributed by atoms with Crippen LogP contribution in [0.1, 0.15) is 28.8 Å². The molecule has 21 heavy (non-hydrogen) atoms. The van der Waals surface area contributed by atoms with Gasteiger partial charge in [0.25, 0.3) is 5.91 Å². The number of amides is 2. The first-order valence-electron chi connectivity index (χ1n) is 7.17. The molecule has 2 rings (SSSR count). The number of aryl methyl sites for hydroxylation is 1. The summed E-state index contributed by atoms with van der Waals surface area (Å²) in [5, 5.41) is 0. The topological polar surface area (TPSA) is 40.6 Å². The number of carbonyl (C=O) groups is 2. The average Bonchev–Trinajstić information content (AvgIpc) is 2.48. The van der Waals surface area contributed by atoms with E-state index < -0.39 is 5.82 Å². The summed E-state index contributed by atoms with van der Waals surface area (Å²) in [5.74, 6) is -0.670. The summed E-state index contributed by atoms with van der Waals surface area (Å²) >= 11 is 0. The lowest BCUT2D eigenvalue weighted by molar-refractivity contribution is -0.134. The van der Waals surface area contributed by atoms with Gasteiger partial charge in [0.2, 0.25) is 5.91 Å². The maximum Gasteiger partial charge on any atom is 0.256 e. The van der Waals surface area contributed by atoms with Gasteiger partial charge in [-0.05, 0) is 31.4 Å². The van der Waals surface area contributed by atoms with E-state index in [9.17, 15) is 14.0 Å². The SMILES string of the molecule is Cc1cccc(C(=O)N2CCC(C(=O)N(C)C)CC2)c1F. The van der Waals surface area contributed by atoms with Crippen molar-refractivity contribution in [3.8, 4) is 0 Å². The van der Waals surface area contributed by atoms with Gasteiger partial charge in [-0.2, -0.15) is 0 Å². The van der Waals surface area contributed by atoms with Crippen molar-refractivity contribution >= 4 is 11.8 Å². The number of likely N-dealkylation sites (tertiary alicyclic amines) is 1. The van der Waals surface area contributed by atoms with Crippen molar-refractivity contribution in [2.45, 2.75) is 19.8 Å². The predicted octanol–water partition coefficient (Wildman–Crippen LogP) is 2.07. The highest BCUT2D eigenvalue weighted by Crippen LogP contribution is 2.22. The molecule has 1 aliphatic heterocycles. The Bertz CT molecular complexity index is 549. The van der Waals surface area contributed by atoms with Gasteiger partial charge in [0.1, 0.15) is 5.82 Å². The summed E-state index contributed by atoms with van der Waals surface area (Å²) in [6, 6.07) is 4.85. The Hall–Kier alpha value is -1.91. The maximum absolute atomic E-state index is 14.0. The van der Waals surface area contributed by atoms with Gasteiger partial charge in [0.05, 0.1) is 5.56 Å². The van der Waals surface area contributed by atoms with Crippen LogP contribution in [0.4, 0.5) is 4.39 Å². The van der Waals surface area contributed by atoms with Crippen LogP contribution in [-0.2, 0) is 4.79 Å². The maximum atomic E-state index is 14.0. The molecular weight excluding hydrogens is 271 g/mol. The van der Waals surface area contributed by atoms with Crippen molar-refractivity contribution < 1.29 is 14.0 Å². The molecule has 0 saturated carbocycles. The number of hydrogen-bond donors (Lipinski definition) is 0. The molecule has 0 radical (unpaired) electrons. The van der Waals surface area contributed by atoms with Crippen LogP contribution < -0.4 is 0 Å². The molecule has 0 aliphatic carbocycles. The second kappa shape index (κ2) is 6.24. The van der Waals surface area contributed by atoms with E-state index in [0.29, 0.717) is 31.5 Å². The zero-order chi connectivity index (χ0) is 15.6. The zero-order valence-corrected chi connectivity index (χ0v) is 12.7. The average molecular weight is 292 g/mol. The molecule has 5 heteroatoms. The Morgan fingerprint density at radius 1 is 1.24 bits per heavy atom. The lowest BCUT2D eigenvalue weighted by atomic mass is 9.95. The van der Waals surface area contributed by atoms with Crippen LogP contribution in [0.2, 0.25) is 0 Å². The van der Waals surface area contributed by atoms with Gasteiger partial charge in [-0.3, -0.25) is 9.59 Å². The Morgan fingerprint density at radius 3 is 2.43 bits per heavy atom. The predicted molar refractivity (Wildman–Crippen MR) is 78.5 cm³/mol. The van der Waals surface area contributed by atoms with Crippen LogP contribution >= 0.6 is 0 Å². The molecule has 2 amide bonds. The van der Waals surface area contributed by atoms with E-state index in [2.05, 4.69) is 0 Å². The van der Waals surface area contributed by atoms with Gasteiger partial charge in [-0.25, -0.2) is 4.39 Å². The summed E-state index contributed by atoms with van der Waals surface area (Å²) in [6.07, 6.45) is 1.27. The number of halogens is 1. The lowest BCUT2D eigenvalue weighted by Gasteiger charge is -2.32. The van der Waals surface area contributed by atoms with Crippen molar-refractivity contribution in [2.24, 2.45) is 5.92 Å². The summed E-state index contributed by atoms with van der Waals surface area (Å²) in [5.41, 5.74) is 0.589. The Morgan fingerprint density at radius 2 is 1.86 bits per heavy atom. The van der Waals surface area contributed by atoms with Crippen LogP contribution in [0.3, 0.4) is 0 Å². The van der Waals surface area contributed by atoms with Crippen molar-refractivity contribution in [1.29, 1.82) is 0 Å². The van der Waals surface area contributed by atoms with Crippen molar-refractivity contribution in [2.75, 3.05) is 27.2 Å². The van der Waals surface area contributed by atoms with Crippen LogP contribution in [0, 0.1) is 18.7 Å². The summed E-state index contributed by atoms with van der Waals surface area (Å²) in [7, 11) is 3.48. The van der Waals surface area contributed by atoms with Gasteiger partial charge in [-0.15, -0.1) is 0 Å². The molecule has 4 nitrogen and oxygen atoms in total. The van der Waals surface area contributed by atoms with Crippen molar-refractivity contribution in [1.82, 2.24) is 9.80 Å². The minimum absolute atomic E-state index is 0.0357. The van der Waals surface area contributed by atoms with E-state index in [0.717, 1.165) is 0 Å². The number of nitrogens with zero attached hydrogens (tertiary/aromatic N) is 2. The minimum Gasteiger partial charge on any atom is -0.349 e. The highest BCUT2D eigenvalue weighted by molar-refractivity contribution is 5.95. The first kappa shape index (κ1) is 15.5. The number of benzene rings is 1. The smallest absolute Gasteiger partial charge is 0.256 e. The zero-order valence-electron chi connectivity index (χ0n) is 12.7. The van der Waals surface area contributed by atoms with E-state index in [1.165, 1.54) is 6.07 Å². The third-order valence-electron chi connectivity index (χ3n) is 3.99. The van der Waals surface area contributed by atoms with E-state index in [1.54, 1.807) is 43.0 Å². The van der Waals surface area contributed by atoms with E-state index >= 15 is 0 Å². The van der Waals surface area contributed by atoms with E-state index in [4.69, 9.17) is 0 Å². The molecule has 0 atom stereocenters. The molecule has 114 valence electrons. The largest absolute Gasteiger partial charge is 0.349 e. The van der Waals surface area contributed by atoms with Gasteiger partial charge >= 0.3 is 0 Å². The first-order valence-corrected chi connectivity index (χ1v) is 7.17. The fourth-order valence-corrected chi connectivity index (χ4v) is 2.68. The molecule has 0 N–H and O–H groups in total. The van der Waals surface area contributed by atoms with Gasteiger partial charge in [0, 0.05) is 33.1 Å². The third kappa shape index (κ3) is 3.23. The number of carbonyl (C=O) groups excluding carboxylic acids is 2. The molecule has 1 aliphatic rings. The van der Waals surface area contributed by atoms with Crippen LogP contribution in [0.15, 0.2) is 18.2 Å². The normalized spacial score (nSPS) is 15.9. The lowest BCUT2D eigenvalue weighted by Crippen LogP contribution is -2.43.